The molecule has 1 aromatic rings. The monoisotopic (exact) mass is 350 g/mol. The van der Waals surface area contributed by atoms with E-state index in [9.17, 15) is 9.90 Å². The Kier molecular flexibility index (Phi) is 6.08. The van der Waals surface area contributed by atoms with Crippen LogP contribution in [-0.2, 0) is 4.79 Å². The summed E-state index contributed by atoms with van der Waals surface area (Å²) < 4.78 is 0. The van der Waals surface area contributed by atoms with Gasteiger partial charge in [-0.25, -0.2) is 9.97 Å². The number of aromatic nitrogens is 2. The summed E-state index contributed by atoms with van der Waals surface area (Å²) in [6.45, 7) is 5.65. The summed E-state index contributed by atoms with van der Waals surface area (Å²) in [7, 11) is 0. The molecule has 1 aliphatic heterocycles. The van der Waals surface area contributed by atoms with Gasteiger partial charge < -0.3 is 10.0 Å². The summed E-state index contributed by atoms with van der Waals surface area (Å²) >= 11 is 1.40. The van der Waals surface area contributed by atoms with Crippen LogP contribution in [0, 0.1) is 12.8 Å². The van der Waals surface area contributed by atoms with Crippen LogP contribution in [0.25, 0.3) is 0 Å². The van der Waals surface area contributed by atoms with E-state index in [1.165, 1.54) is 24.6 Å². The third-order valence-electron chi connectivity index (χ3n) is 4.71. The predicted molar refractivity (Wildman–Crippen MR) is 93.9 cm³/mol. The van der Waals surface area contributed by atoms with Gasteiger partial charge in [-0.2, -0.15) is 0 Å². The van der Waals surface area contributed by atoms with Crippen LogP contribution < -0.4 is 0 Å². The zero-order valence-electron chi connectivity index (χ0n) is 14.2. The van der Waals surface area contributed by atoms with Crippen molar-refractivity contribution in [3.05, 3.63) is 18.0 Å². The average Bonchev–Trinajstić information content (AvgIpc) is 3.38. The minimum atomic E-state index is 0.138. The predicted octanol–water partition coefficient (Wildman–Crippen LogP) is 1.18. The van der Waals surface area contributed by atoms with E-state index in [1.54, 1.807) is 6.20 Å². The van der Waals surface area contributed by atoms with Crippen molar-refractivity contribution in [1.29, 1.82) is 0 Å². The SMILES string of the molecule is Cc1ccnc(SCC(=O)N2CCN(CC3CC3)C(CCO)C2)n1. The second-order valence-electron chi connectivity index (χ2n) is 6.71. The zero-order valence-corrected chi connectivity index (χ0v) is 15.0. The van der Waals surface area contributed by atoms with Crippen molar-refractivity contribution in [3.63, 3.8) is 0 Å². The molecule has 1 saturated heterocycles. The summed E-state index contributed by atoms with van der Waals surface area (Å²) in [5.74, 6) is 1.35. The Morgan fingerprint density at radius 3 is 2.96 bits per heavy atom. The van der Waals surface area contributed by atoms with Gasteiger partial charge >= 0.3 is 0 Å². The number of aryl methyl sites for hydroxylation is 1. The Labute approximate surface area is 147 Å². The van der Waals surface area contributed by atoms with E-state index in [1.807, 2.05) is 17.9 Å². The molecule has 2 heterocycles. The minimum absolute atomic E-state index is 0.138. The number of carbonyl (C=O) groups excluding carboxylic acids is 1. The molecule has 2 fully saturated rings. The van der Waals surface area contributed by atoms with E-state index in [0.717, 1.165) is 44.2 Å². The highest BCUT2D eigenvalue weighted by atomic mass is 32.2. The lowest BCUT2D eigenvalue weighted by atomic mass is 10.1. The number of hydrogen-bond donors (Lipinski definition) is 1. The highest BCUT2D eigenvalue weighted by Gasteiger charge is 2.33. The third-order valence-corrected chi connectivity index (χ3v) is 5.55. The first-order chi connectivity index (χ1) is 11.7. The van der Waals surface area contributed by atoms with Crippen LogP contribution in [0.5, 0.6) is 0 Å². The number of hydrogen-bond acceptors (Lipinski definition) is 6. The van der Waals surface area contributed by atoms with Crippen LogP contribution in [-0.4, -0.2) is 75.4 Å². The van der Waals surface area contributed by atoms with Crippen molar-refractivity contribution < 1.29 is 9.90 Å². The normalized spacial score (nSPS) is 21.9. The molecule has 6 nitrogen and oxygen atoms in total. The number of piperazine rings is 1. The molecular weight excluding hydrogens is 324 g/mol. The summed E-state index contributed by atoms with van der Waals surface area (Å²) in [4.78, 5) is 25.4. The molecule has 1 aromatic heterocycles. The highest BCUT2D eigenvalue weighted by molar-refractivity contribution is 7.99. The van der Waals surface area contributed by atoms with Gasteiger partial charge in [0.2, 0.25) is 5.91 Å². The molecule has 24 heavy (non-hydrogen) atoms. The van der Waals surface area contributed by atoms with Crippen LogP contribution >= 0.6 is 11.8 Å². The second-order valence-corrected chi connectivity index (χ2v) is 7.66. The summed E-state index contributed by atoms with van der Waals surface area (Å²) in [5.41, 5.74) is 0.914. The van der Waals surface area contributed by atoms with E-state index in [0.29, 0.717) is 10.9 Å². The number of amides is 1. The van der Waals surface area contributed by atoms with Gasteiger partial charge in [0, 0.05) is 50.7 Å². The lowest BCUT2D eigenvalue weighted by Crippen LogP contribution is -2.55. The molecule has 0 bridgehead atoms. The van der Waals surface area contributed by atoms with Crippen molar-refractivity contribution in [2.24, 2.45) is 5.92 Å². The molecule has 3 rings (SSSR count). The summed E-state index contributed by atoms with van der Waals surface area (Å²) in [6.07, 6.45) is 5.13. The van der Waals surface area contributed by atoms with E-state index in [2.05, 4.69) is 14.9 Å². The summed E-state index contributed by atoms with van der Waals surface area (Å²) in [6, 6.07) is 2.14. The van der Waals surface area contributed by atoms with Crippen LogP contribution in [0.3, 0.4) is 0 Å². The van der Waals surface area contributed by atoms with Gasteiger partial charge in [-0.1, -0.05) is 11.8 Å². The topological polar surface area (TPSA) is 69.6 Å². The first-order valence-corrected chi connectivity index (χ1v) is 9.69. The molecule has 0 aromatic carbocycles. The first kappa shape index (κ1) is 17.6. The largest absolute Gasteiger partial charge is 0.396 e. The first-order valence-electron chi connectivity index (χ1n) is 8.71. The summed E-state index contributed by atoms with van der Waals surface area (Å²) in [5, 5.41) is 9.99. The molecule has 1 saturated carbocycles. The standard InChI is InChI=1S/C17H26N4O2S/c1-13-4-6-18-17(19-13)24-12-16(23)21-8-7-20(10-14-2-3-14)15(11-21)5-9-22/h4,6,14-15,22H,2-3,5,7-12H2,1H3. The molecule has 1 unspecified atom stereocenters. The molecule has 0 radical (unpaired) electrons. The number of rotatable bonds is 7. The molecule has 7 heteroatoms. The smallest absolute Gasteiger partial charge is 0.233 e. The number of thioether (sulfide) groups is 1. The lowest BCUT2D eigenvalue weighted by molar-refractivity contribution is -0.131. The Morgan fingerprint density at radius 1 is 1.42 bits per heavy atom. The number of nitrogens with zero attached hydrogens (tertiary/aromatic N) is 4. The van der Waals surface area contributed by atoms with Gasteiger partial charge in [0.1, 0.15) is 0 Å². The van der Waals surface area contributed by atoms with E-state index in [4.69, 9.17) is 0 Å². The molecule has 0 spiro atoms. The fraction of sp³-hybridized carbons (Fsp3) is 0.706. The maximum absolute atomic E-state index is 12.5. The lowest BCUT2D eigenvalue weighted by Gasteiger charge is -2.41. The van der Waals surface area contributed by atoms with Crippen molar-refractivity contribution in [2.45, 2.75) is 37.4 Å². The highest BCUT2D eigenvalue weighted by Crippen LogP contribution is 2.31. The van der Waals surface area contributed by atoms with E-state index in [-0.39, 0.29) is 18.6 Å². The number of aliphatic hydroxyl groups excluding tert-OH is 1. The Hall–Kier alpha value is -1.18. The van der Waals surface area contributed by atoms with Gasteiger partial charge in [-0.15, -0.1) is 0 Å². The average molecular weight is 350 g/mol. The van der Waals surface area contributed by atoms with Crippen LogP contribution in [0.2, 0.25) is 0 Å². The fourth-order valence-corrected chi connectivity index (χ4v) is 3.91. The quantitative estimate of drug-likeness (QED) is 0.588. The van der Waals surface area contributed by atoms with Crippen molar-refractivity contribution in [1.82, 2.24) is 19.8 Å². The maximum Gasteiger partial charge on any atom is 0.233 e. The van der Waals surface area contributed by atoms with Gasteiger partial charge in [0.25, 0.3) is 0 Å². The van der Waals surface area contributed by atoms with Gasteiger partial charge in [-0.3, -0.25) is 9.69 Å². The maximum atomic E-state index is 12.5. The molecule has 1 aliphatic carbocycles. The van der Waals surface area contributed by atoms with Gasteiger partial charge in [0.15, 0.2) is 5.16 Å². The van der Waals surface area contributed by atoms with Gasteiger partial charge in [-0.05, 0) is 38.2 Å². The Morgan fingerprint density at radius 2 is 2.25 bits per heavy atom. The van der Waals surface area contributed by atoms with Crippen molar-refractivity contribution in [2.75, 3.05) is 38.5 Å². The van der Waals surface area contributed by atoms with Crippen LogP contribution in [0.4, 0.5) is 0 Å². The van der Waals surface area contributed by atoms with Crippen molar-refractivity contribution in [3.8, 4) is 0 Å². The molecule has 1 atom stereocenters. The van der Waals surface area contributed by atoms with E-state index >= 15 is 0 Å². The van der Waals surface area contributed by atoms with Gasteiger partial charge in [0.05, 0.1) is 5.75 Å². The van der Waals surface area contributed by atoms with Crippen molar-refractivity contribution >= 4 is 17.7 Å². The van der Waals surface area contributed by atoms with Crippen LogP contribution in [0.15, 0.2) is 17.4 Å². The fourth-order valence-electron chi connectivity index (χ4n) is 3.13. The van der Waals surface area contributed by atoms with E-state index < -0.39 is 0 Å². The molecular formula is C17H26N4O2S. The number of carbonyl (C=O) groups is 1. The zero-order chi connectivity index (χ0) is 16.9. The molecule has 2 aliphatic rings. The third kappa shape index (κ3) is 4.91. The molecule has 132 valence electrons. The Bertz CT molecular complexity index is 567. The molecule has 1 N–H and O–H groups in total. The second kappa shape index (κ2) is 8.27. The van der Waals surface area contributed by atoms with Crippen LogP contribution in [0.1, 0.15) is 25.0 Å². The number of aliphatic hydroxyl groups is 1. The molecule has 1 amide bonds. The Balaban J connectivity index is 1.51. The minimum Gasteiger partial charge on any atom is -0.396 e.